The molecule has 1 aliphatic rings. The van der Waals surface area contributed by atoms with Crippen molar-refractivity contribution in [3.05, 3.63) is 65.3 Å². The van der Waals surface area contributed by atoms with Crippen LogP contribution in [0.15, 0.2) is 54.7 Å². The summed E-state index contributed by atoms with van der Waals surface area (Å²) >= 11 is 6.28. The second kappa shape index (κ2) is 11.1. The first-order valence-corrected chi connectivity index (χ1v) is 13.4. The third-order valence-corrected chi connectivity index (χ3v) is 7.63. The van der Waals surface area contributed by atoms with Crippen molar-refractivity contribution in [1.82, 2.24) is 19.0 Å². The van der Waals surface area contributed by atoms with E-state index in [0.29, 0.717) is 35.6 Å². The molecule has 0 saturated carbocycles. The molecule has 0 spiro atoms. The smallest absolute Gasteiger partial charge is 0.279 e. The van der Waals surface area contributed by atoms with Gasteiger partial charge in [-0.25, -0.2) is 13.8 Å². The molecule has 4 rings (SSSR count). The summed E-state index contributed by atoms with van der Waals surface area (Å²) in [5.41, 5.74) is 3.12. The highest BCUT2D eigenvalue weighted by molar-refractivity contribution is 7.87. The van der Waals surface area contributed by atoms with Crippen LogP contribution in [-0.4, -0.2) is 55.8 Å². The highest BCUT2D eigenvalue weighted by atomic mass is 35.5. The van der Waals surface area contributed by atoms with E-state index in [1.165, 1.54) is 20.3 Å². The van der Waals surface area contributed by atoms with Crippen molar-refractivity contribution in [2.75, 3.05) is 42.7 Å². The molecule has 3 N–H and O–H groups in total. The van der Waals surface area contributed by atoms with Crippen LogP contribution in [0.25, 0.3) is 0 Å². The molecule has 0 atom stereocenters. The predicted molar refractivity (Wildman–Crippen MR) is 142 cm³/mol. The average molecular weight is 552 g/mol. The van der Waals surface area contributed by atoms with Gasteiger partial charge in [0.2, 0.25) is 5.95 Å². The Labute approximate surface area is 220 Å². The van der Waals surface area contributed by atoms with Gasteiger partial charge in [0.05, 0.1) is 6.20 Å². The molecule has 3 aromatic rings. The molecule has 1 aromatic heterocycles. The maximum atomic E-state index is 13.4. The third kappa shape index (κ3) is 7.25. The number of aromatic nitrogens is 2. The first-order valence-electron chi connectivity index (χ1n) is 11.6. The molecule has 37 heavy (non-hydrogen) atoms. The van der Waals surface area contributed by atoms with Crippen molar-refractivity contribution in [2.24, 2.45) is 0 Å². The van der Waals surface area contributed by atoms with Crippen LogP contribution in [-0.2, 0) is 16.8 Å². The normalized spacial score (nSPS) is 15.6. The Morgan fingerprint density at radius 1 is 1.00 bits per heavy atom. The van der Waals surface area contributed by atoms with Crippen molar-refractivity contribution in [2.45, 2.75) is 25.3 Å². The lowest BCUT2D eigenvalue weighted by Gasteiger charge is -2.33. The SMILES string of the molecule is CN(C)S(=O)(=O)NCc1ccc(Nc2nc(Nc3ccc(N4CCC(F)(F)CC4)cc3)ncc2Cl)cc1. The van der Waals surface area contributed by atoms with Gasteiger partial charge in [-0.05, 0) is 42.0 Å². The molecule has 0 radical (unpaired) electrons. The number of benzene rings is 2. The van der Waals surface area contributed by atoms with Crippen molar-refractivity contribution >= 4 is 50.6 Å². The molecule has 1 aliphatic heterocycles. The van der Waals surface area contributed by atoms with E-state index in [4.69, 9.17) is 11.6 Å². The molecule has 0 amide bonds. The molecule has 0 aliphatic carbocycles. The topological polar surface area (TPSA) is 102 Å². The minimum absolute atomic E-state index is 0.140. The molecular formula is C24H28ClF2N7O2S. The minimum Gasteiger partial charge on any atom is -0.371 e. The second-order valence-corrected chi connectivity index (χ2v) is 11.2. The monoisotopic (exact) mass is 551 g/mol. The predicted octanol–water partition coefficient (Wildman–Crippen LogP) is 4.75. The summed E-state index contributed by atoms with van der Waals surface area (Å²) in [5, 5.41) is 6.58. The Morgan fingerprint density at radius 2 is 1.59 bits per heavy atom. The summed E-state index contributed by atoms with van der Waals surface area (Å²) in [5.74, 6) is -1.86. The zero-order valence-corrected chi connectivity index (χ0v) is 22.0. The van der Waals surface area contributed by atoms with Gasteiger partial charge in [0.1, 0.15) is 5.02 Å². The van der Waals surface area contributed by atoms with Gasteiger partial charge in [0.15, 0.2) is 5.82 Å². The number of nitrogens with one attached hydrogen (secondary N) is 3. The van der Waals surface area contributed by atoms with Gasteiger partial charge in [-0.2, -0.15) is 22.4 Å². The molecule has 13 heteroatoms. The molecule has 1 fully saturated rings. The van der Waals surface area contributed by atoms with Crippen molar-refractivity contribution < 1.29 is 17.2 Å². The van der Waals surface area contributed by atoms with Crippen LogP contribution in [0.3, 0.4) is 0 Å². The molecule has 2 heterocycles. The lowest BCUT2D eigenvalue weighted by Crippen LogP contribution is -2.39. The number of piperidine rings is 1. The number of rotatable bonds is 9. The number of hydrogen-bond acceptors (Lipinski definition) is 7. The number of halogens is 3. The molecule has 1 saturated heterocycles. The summed E-state index contributed by atoms with van der Waals surface area (Å²) in [6.07, 6.45) is 1.20. The van der Waals surface area contributed by atoms with Crippen LogP contribution >= 0.6 is 11.6 Å². The largest absolute Gasteiger partial charge is 0.371 e. The second-order valence-electron chi connectivity index (χ2n) is 8.84. The zero-order valence-electron chi connectivity index (χ0n) is 20.4. The van der Waals surface area contributed by atoms with Gasteiger partial charge in [-0.15, -0.1) is 0 Å². The minimum atomic E-state index is -3.51. The van der Waals surface area contributed by atoms with Crippen LogP contribution in [0.5, 0.6) is 0 Å². The van der Waals surface area contributed by atoms with E-state index in [-0.39, 0.29) is 19.4 Å². The van der Waals surface area contributed by atoms with Crippen molar-refractivity contribution in [3.8, 4) is 0 Å². The highest BCUT2D eigenvalue weighted by Gasteiger charge is 2.33. The van der Waals surface area contributed by atoms with Crippen molar-refractivity contribution in [3.63, 3.8) is 0 Å². The Morgan fingerprint density at radius 3 is 2.22 bits per heavy atom. The molecular weight excluding hydrogens is 524 g/mol. The average Bonchev–Trinajstić information content (AvgIpc) is 2.86. The summed E-state index contributed by atoms with van der Waals surface area (Å²) in [6, 6.07) is 14.6. The van der Waals surface area contributed by atoms with Gasteiger partial charge in [-0.3, -0.25) is 0 Å². The van der Waals surface area contributed by atoms with Crippen molar-refractivity contribution in [1.29, 1.82) is 0 Å². The summed E-state index contributed by atoms with van der Waals surface area (Å²) < 4.78 is 54.2. The van der Waals surface area contributed by atoms with Gasteiger partial charge in [0, 0.05) is 63.6 Å². The van der Waals surface area contributed by atoms with Gasteiger partial charge in [-0.1, -0.05) is 23.7 Å². The fraction of sp³-hybridized carbons (Fsp3) is 0.333. The molecule has 198 valence electrons. The number of alkyl halides is 2. The van der Waals surface area contributed by atoms with E-state index < -0.39 is 16.1 Å². The Balaban J connectivity index is 1.37. The van der Waals surface area contributed by atoms with E-state index in [2.05, 4.69) is 25.3 Å². The van der Waals surface area contributed by atoms with Gasteiger partial charge < -0.3 is 15.5 Å². The quantitative estimate of drug-likeness (QED) is 0.353. The van der Waals surface area contributed by atoms with Crippen LogP contribution < -0.4 is 20.3 Å². The fourth-order valence-electron chi connectivity index (χ4n) is 3.64. The lowest BCUT2D eigenvalue weighted by atomic mass is 10.1. The third-order valence-electron chi connectivity index (χ3n) is 5.88. The maximum Gasteiger partial charge on any atom is 0.279 e. The summed E-state index contributed by atoms with van der Waals surface area (Å²) in [7, 11) is -0.590. The number of anilines is 5. The Bertz CT molecular complexity index is 1310. The molecule has 0 bridgehead atoms. The van der Waals surface area contributed by atoms with Gasteiger partial charge >= 0.3 is 0 Å². The summed E-state index contributed by atoms with van der Waals surface area (Å²) in [6.45, 7) is 0.801. The van der Waals surface area contributed by atoms with Crippen LogP contribution in [0.4, 0.5) is 37.6 Å². The fourth-order valence-corrected chi connectivity index (χ4v) is 4.38. The van der Waals surface area contributed by atoms with E-state index in [9.17, 15) is 17.2 Å². The Hall–Kier alpha value is -3.06. The van der Waals surface area contributed by atoms with Crippen LogP contribution in [0, 0.1) is 0 Å². The van der Waals surface area contributed by atoms with E-state index in [1.807, 2.05) is 29.2 Å². The van der Waals surface area contributed by atoms with E-state index in [0.717, 1.165) is 21.2 Å². The number of nitrogens with zero attached hydrogens (tertiary/aromatic N) is 4. The zero-order chi connectivity index (χ0) is 26.6. The van der Waals surface area contributed by atoms with E-state index in [1.54, 1.807) is 24.3 Å². The van der Waals surface area contributed by atoms with Crippen LogP contribution in [0.2, 0.25) is 5.02 Å². The lowest BCUT2D eigenvalue weighted by molar-refractivity contribution is -0.0220. The molecule has 2 aromatic carbocycles. The maximum absolute atomic E-state index is 13.4. The highest BCUT2D eigenvalue weighted by Crippen LogP contribution is 2.31. The standard InChI is InChI=1S/C24H28ClF2N7O2S/c1-33(2)37(35,36)29-15-17-3-5-18(6-4-17)30-22-21(25)16-28-23(32-22)31-19-7-9-20(10-8-19)34-13-11-24(26,27)12-14-34/h3-10,16,29H,11-15H2,1-2H3,(H2,28,30,31,32). The molecule has 9 nitrogen and oxygen atoms in total. The first-order chi connectivity index (χ1) is 17.5. The summed E-state index contributed by atoms with van der Waals surface area (Å²) in [4.78, 5) is 10.6. The number of hydrogen-bond donors (Lipinski definition) is 3. The molecule has 0 unspecified atom stereocenters. The first kappa shape index (κ1) is 27.0. The van der Waals surface area contributed by atoms with Crippen LogP contribution in [0.1, 0.15) is 18.4 Å². The van der Waals surface area contributed by atoms with Gasteiger partial charge in [0.25, 0.3) is 16.1 Å². The Kier molecular flexibility index (Phi) is 8.12. The van der Waals surface area contributed by atoms with E-state index >= 15 is 0 Å².